The first kappa shape index (κ1) is 30.4. The van der Waals surface area contributed by atoms with Crippen molar-refractivity contribution >= 4 is 88.3 Å². The summed E-state index contributed by atoms with van der Waals surface area (Å²) in [6, 6.07) is 67.1. The number of rotatable bonds is 3. The molecule has 0 spiro atoms. The van der Waals surface area contributed by atoms with Gasteiger partial charge in [0, 0.05) is 32.9 Å². The van der Waals surface area contributed by atoms with Crippen LogP contribution >= 0.6 is 0 Å². The first-order chi connectivity index (χ1) is 28.3. The van der Waals surface area contributed by atoms with E-state index < -0.39 is 0 Å². The first-order valence-electron chi connectivity index (χ1n) is 19.3. The molecule has 5 heterocycles. The Morgan fingerprint density at radius 2 is 0.649 bits per heavy atom. The van der Waals surface area contributed by atoms with E-state index in [9.17, 15) is 0 Å². The van der Waals surface area contributed by atoms with Crippen LogP contribution in [0.4, 0.5) is 0 Å². The summed E-state index contributed by atoms with van der Waals surface area (Å²) in [6.45, 7) is 0. The average Bonchev–Trinajstić information content (AvgIpc) is 4.00. The molecule has 13 rings (SSSR count). The molecule has 0 fully saturated rings. The molecule has 5 aromatic heterocycles. The molecule has 0 aliphatic heterocycles. The van der Waals surface area contributed by atoms with Gasteiger partial charge in [-0.25, -0.2) is 14.5 Å². The second-order valence-corrected chi connectivity index (χ2v) is 14.7. The zero-order valence-corrected chi connectivity index (χ0v) is 30.5. The lowest BCUT2D eigenvalue weighted by Gasteiger charge is -2.12. The summed E-state index contributed by atoms with van der Waals surface area (Å²) >= 11 is 0. The number of nitrogens with zero attached hydrogens (tertiary/aromatic N) is 7. The topological polar surface area (TPSA) is 49.4 Å². The Kier molecular flexibility index (Phi) is 6.04. The lowest BCUT2D eigenvalue weighted by atomic mass is 10.2. The fourth-order valence-electron chi connectivity index (χ4n) is 9.31. The van der Waals surface area contributed by atoms with E-state index in [1.807, 2.05) is 0 Å². The Balaban J connectivity index is 1.20. The maximum atomic E-state index is 5.45. The summed E-state index contributed by atoms with van der Waals surface area (Å²) in [5.74, 6) is 1.54. The first-order valence-corrected chi connectivity index (χ1v) is 19.3. The largest absolute Gasteiger partial charge is 0.309 e. The highest BCUT2D eigenvalue weighted by molar-refractivity contribution is 6.10. The van der Waals surface area contributed by atoms with E-state index in [-0.39, 0.29) is 0 Å². The van der Waals surface area contributed by atoms with Gasteiger partial charge in [0.1, 0.15) is 0 Å². The summed E-state index contributed by atoms with van der Waals surface area (Å²) in [7, 11) is 0. The van der Waals surface area contributed by atoms with Crippen LogP contribution < -0.4 is 0 Å². The van der Waals surface area contributed by atoms with Crippen LogP contribution in [0.1, 0.15) is 0 Å². The monoisotopic (exact) mass is 729 g/mol. The molecule has 0 radical (unpaired) electrons. The molecule has 0 saturated heterocycles. The molecule has 0 unspecified atom stereocenters. The third kappa shape index (κ3) is 4.14. The van der Waals surface area contributed by atoms with Crippen LogP contribution in [0.5, 0.6) is 0 Å². The van der Waals surface area contributed by atoms with Gasteiger partial charge in [-0.3, -0.25) is 8.80 Å². The number of para-hydroxylation sites is 8. The van der Waals surface area contributed by atoms with Gasteiger partial charge in [0.25, 0.3) is 0 Å². The van der Waals surface area contributed by atoms with Crippen LogP contribution in [-0.2, 0) is 0 Å². The van der Waals surface area contributed by atoms with Gasteiger partial charge in [-0.1, -0.05) is 103 Å². The molecule has 7 nitrogen and oxygen atoms in total. The van der Waals surface area contributed by atoms with E-state index in [2.05, 4.69) is 211 Å². The predicted molar refractivity (Wildman–Crippen MR) is 233 cm³/mol. The fraction of sp³-hybridized carbons (Fsp3) is 0. The van der Waals surface area contributed by atoms with Crippen molar-refractivity contribution in [3.63, 3.8) is 0 Å². The van der Waals surface area contributed by atoms with E-state index in [1.54, 1.807) is 0 Å². The van der Waals surface area contributed by atoms with Crippen molar-refractivity contribution in [2.45, 2.75) is 0 Å². The minimum atomic E-state index is 0.769. The molecule has 0 bridgehead atoms. The smallest absolute Gasteiger partial charge is 0.223 e. The molecule has 266 valence electrons. The van der Waals surface area contributed by atoms with Crippen LogP contribution in [-0.4, -0.2) is 32.5 Å². The molecular weight excluding hydrogens is 699 g/mol. The summed E-state index contributed by atoms with van der Waals surface area (Å²) in [6.07, 6.45) is 0. The zero-order valence-electron chi connectivity index (χ0n) is 30.5. The van der Waals surface area contributed by atoms with Crippen LogP contribution in [0.2, 0.25) is 0 Å². The third-order valence-electron chi connectivity index (χ3n) is 11.7. The number of hydrogen-bond acceptors (Lipinski definition) is 2. The van der Waals surface area contributed by atoms with E-state index >= 15 is 0 Å². The van der Waals surface area contributed by atoms with Crippen molar-refractivity contribution in [2.75, 3.05) is 0 Å². The highest BCUT2D eigenvalue weighted by atomic mass is 15.3. The van der Waals surface area contributed by atoms with Crippen LogP contribution in [0, 0.1) is 0 Å². The third-order valence-corrected chi connectivity index (χ3v) is 11.7. The van der Waals surface area contributed by atoms with E-state index in [0.717, 1.165) is 72.8 Å². The SMILES string of the molecule is c1cc(-n2c3ccccc3c3ccccc32)cc(-n2c3nc4ccccc4n3c3ccc(-n4c5ccccc5c5ccccc54)cc3n3c4ccccc4nc23)c1. The zero-order chi connectivity index (χ0) is 37.2. The van der Waals surface area contributed by atoms with Gasteiger partial charge in [0.15, 0.2) is 0 Å². The van der Waals surface area contributed by atoms with Crippen LogP contribution in [0.3, 0.4) is 0 Å². The van der Waals surface area contributed by atoms with Gasteiger partial charge >= 0.3 is 0 Å². The Bertz CT molecular complexity index is 3720. The number of imidazole rings is 2. The molecule has 0 aliphatic carbocycles. The number of aromatic nitrogens is 7. The van der Waals surface area contributed by atoms with Gasteiger partial charge in [0.2, 0.25) is 11.6 Å². The van der Waals surface area contributed by atoms with E-state index in [1.165, 1.54) is 32.6 Å². The fourth-order valence-corrected chi connectivity index (χ4v) is 9.31. The van der Waals surface area contributed by atoms with E-state index in [4.69, 9.17) is 9.97 Å². The Morgan fingerprint density at radius 1 is 0.263 bits per heavy atom. The van der Waals surface area contributed by atoms with Crippen LogP contribution in [0.25, 0.3) is 105 Å². The van der Waals surface area contributed by atoms with Crippen LogP contribution in [0.15, 0.2) is 188 Å². The van der Waals surface area contributed by atoms with Gasteiger partial charge in [-0.05, 0) is 84.9 Å². The van der Waals surface area contributed by atoms with Crippen molar-refractivity contribution in [1.82, 2.24) is 32.5 Å². The average molecular weight is 730 g/mol. The van der Waals surface area contributed by atoms with Gasteiger partial charge in [-0.15, -0.1) is 0 Å². The Morgan fingerprint density at radius 3 is 1.14 bits per heavy atom. The van der Waals surface area contributed by atoms with Gasteiger partial charge in [0.05, 0.1) is 60.9 Å². The molecular formula is C50H31N7. The van der Waals surface area contributed by atoms with E-state index in [0.29, 0.717) is 0 Å². The van der Waals surface area contributed by atoms with Crippen molar-refractivity contribution in [2.24, 2.45) is 0 Å². The molecule has 0 N–H and O–H groups in total. The van der Waals surface area contributed by atoms with Crippen molar-refractivity contribution < 1.29 is 0 Å². The van der Waals surface area contributed by atoms with Gasteiger partial charge in [-0.2, -0.15) is 0 Å². The second-order valence-electron chi connectivity index (χ2n) is 14.7. The molecule has 7 heteroatoms. The Labute approximate surface area is 324 Å². The summed E-state index contributed by atoms with van der Waals surface area (Å²) in [5, 5.41) is 4.92. The quantitative estimate of drug-likeness (QED) is 0.182. The predicted octanol–water partition coefficient (Wildman–Crippen LogP) is 12.0. The summed E-state index contributed by atoms with van der Waals surface area (Å²) < 4.78 is 11.6. The second kappa shape index (κ2) is 11.3. The maximum Gasteiger partial charge on any atom is 0.223 e. The van der Waals surface area contributed by atoms with Crippen molar-refractivity contribution in [3.05, 3.63) is 188 Å². The maximum absolute atomic E-state index is 5.45. The lowest BCUT2D eigenvalue weighted by Crippen LogP contribution is -2.03. The number of hydrogen-bond donors (Lipinski definition) is 0. The molecule has 13 aromatic rings. The lowest BCUT2D eigenvalue weighted by molar-refractivity contribution is 1.02. The number of fused-ring (bicyclic) bond motifs is 15. The minimum absolute atomic E-state index is 0.769. The number of benzene rings is 8. The molecule has 0 saturated carbocycles. The highest BCUT2D eigenvalue weighted by Crippen LogP contribution is 2.36. The molecule has 8 aromatic carbocycles. The van der Waals surface area contributed by atoms with Gasteiger partial charge < -0.3 is 9.13 Å². The molecule has 0 aliphatic rings. The highest BCUT2D eigenvalue weighted by Gasteiger charge is 2.21. The van der Waals surface area contributed by atoms with Crippen molar-refractivity contribution in [1.29, 1.82) is 0 Å². The molecule has 0 atom stereocenters. The summed E-state index contributed by atoms with van der Waals surface area (Å²) in [5.41, 5.74) is 13.7. The minimum Gasteiger partial charge on any atom is -0.309 e. The van der Waals surface area contributed by atoms with Crippen molar-refractivity contribution in [3.8, 4) is 17.1 Å². The Hall–Kier alpha value is -7.90. The summed E-state index contributed by atoms with van der Waals surface area (Å²) in [4.78, 5) is 10.9. The molecule has 57 heavy (non-hydrogen) atoms. The normalized spacial score (nSPS) is 12.2. The molecule has 0 amide bonds. The standard InChI is InChI=1S/C50H31N7/c1-7-22-41-35(16-1)36-17-2-8-23-42(36)53(41)32-14-13-15-33(30-32)55-49-51-39-20-5-11-26-45(39)56(49)47-29-28-34(31-48(47)57-46-27-12-6-21-40(46)52-50(55)57)54-43-24-9-3-18-37(43)38-19-4-10-25-44(38)54/h1-31H.